The fourth-order valence-electron chi connectivity index (χ4n) is 2.28. The van der Waals surface area contributed by atoms with E-state index in [1.165, 1.54) is 17.7 Å². The molecule has 1 aliphatic rings. The van der Waals surface area contributed by atoms with Crippen LogP contribution >= 0.6 is 0 Å². The van der Waals surface area contributed by atoms with Crippen LogP contribution in [0, 0.1) is 11.2 Å². The predicted molar refractivity (Wildman–Crippen MR) is 73.1 cm³/mol. The lowest BCUT2D eigenvalue weighted by Crippen LogP contribution is -2.47. The Hall–Kier alpha value is -1.42. The number of carbonyl (C=O) groups excluding carboxylic acids is 1. The number of hydrogen-bond donors (Lipinski definition) is 2. The molecule has 0 bridgehead atoms. The van der Waals surface area contributed by atoms with E-state index in [0.29, 0.717) is 18.5 Å². The predicted octanol–water partition coefficient (Wildman–Crippen LogP) is 2.17. The lowest BCUT2D eigenvalue weighted by Gasteiger charge is -2.38. The summed E-state index contributed by atoms with van der Waals surface area (Å²) in [5.74, 6) is 0.0187. The summed E-state index contributed by atoms with van der Waals surface area (Å²) in [5.41, 5.74) is 6.01. The van der Waals surface area contributed by atoms with Crippen LogP contribution in [0.4, 0.5) is 4.39 Å². The molecule has 0 heterocycles. The fraction of sp³-hybridized carbons (Fsp3) is 0.533. The van der Waals surface area contributed by atoms with Gasteiger partial charge in [-0.3, -0.25) is 4.79 Å². The van der Waals surface area contributed by atoms with Crippen molar-refractivity contribution in [3.05, 3.63) is 35.6 Å². The van der Waals surface area contributed by atoms with Gasteiger partial charge in [0.05, 0.1) is 5.41 Å². The Bertz CT molecular complexity index is 450. The molecule has 0 saturated heterocycles. The third-order valence-corrected chi connectivity index (χ3v) is 3.98. The Morgan fingerprint density at radius 3 is 2.47 bits per heavy atom. The zero-order chi connectivity index (χ0) is 14.0. The smallest absolute Gasteiger partial charge is 0.224 e. The monoisotopic (exact) mass is 264 g/mol. The van der Waals surface area contributed by atoms with Crippen LogP contribution < -0.4 is 11.1 Å². The Balaban J connectivity index is 1.78. The molecule has 0 atom stereocenters. The molecule has 1 aliphatic carbocycles. The number of benzene rings is 1. The number of nitrogens with two attached hydrogens (primary N) is 1. The summed E-state index contributed by atoms with van der Waals surface area (Å²) in [6, 6.07) is 7.14. The summed E-state index contributed by atoms with van der Waals surface area (Å²) in [6.45, 7) is 4.29. The molecule has 104 valence electrons. The Kier molecular flexibility index (Phi) is 3.90. The Morgan fingerprint density at radius 2 is 1.95 bits per heavy atom. The van der Waals surface area contributed by atoms with Gasteiger partial charge < -0.3 is 11.1 Å². The maximum Gasteiger partial charge on any atom is 0.224 e. The highest BCUT2D eigenvalue weighted by Crippen LogP contribution is 2.37. The standard InChI is InChI=1S/C15H21FN2O/c1-15(2,14(17)19)9-18-13-7-11(8-13)10-3-5-12(16)6-4-10/h3-6,11,13,18H,7-9H2,1-2H3,(H2,17,19). The van der Waals surface area contributed by atoms with E-state index in [1.54, 1.807) is 0 Å². The average Bonchev–Trinajstić information content (AvgIpc) is 2.29. The number of amides is 1. The van der Waals surface area contributed by atoms with Crippen molar-refractivity contribution >= 4 is 5.91 Å². The van der Waals surface area contributed by atoms with E-state index in [-0.39, 0.29) is 11.7 Å². The Labute approximate surface area is 113 Å². The first-order valence-corrected chi connectivity index (χ1v) is 6.67. The number of hydrogen-bond acceptors (Lipinski definition) is 2. The minimum absolute atomic E-state index is 0.194. The van der Waals surface area contributed by atoms with E-state index in [2.05, 4.69) is 5.32 Å². The van der Waals surface area contributed by atoms with Crippen molar-refractivity contribution in [3.63, 3.8) is 0 Å². The van der Waals surface area contributed by atoms with Crippen molar-refractivity contribution in [1.29, 1.82) is 0 Å². The quantitative estimate of drug-likeness (QED) is 0.856. The molecular weight excluding hydrogens is 243 g/mol. The highest BCUT2D eigenvalue weighted by molar-refractivity contribution is 5.80. The number of primary amides is 1. The second kappa shape index (κ2) is 5.29. The fourth-order valence-corrected chi connectivity index (χ4v) is 2.28. The first kappa shape index (κ1) is 14.0. The summed E-state index contributed by atoms with van der Waals surface area (Å²) < 4.78 is 12.8. The molecule has 0 aliphatic heterocycles. The van der Waals surface area contributed by atoms with Crippen LogP contribution in [0.2, 0.25) is 0 Å². The largest absolute Gasteiger partial charge is 0.369 e. The van der Waals surface area contributed by atoms with E-state index in [0.717, 1.165) is 12.8 Å². The van der Waals surface area contributed by atoms with Crippen molar-refractivity contribution in [1.82, 2.24) is 5.32 Å². The van der Waals surface area contributed by atoms with Crippen LogP contribution in [0.5, 0.6) is 0 Å². The molecule has 1 amide bonds. The topological polar surface area (TPSA) is 55.1 Å². The van der Waals surface area contributed by atoms with Gasteiger partial charge in [0.15, 0.2) is 0 Å². The summed E-state index contributed by atoms with van der Waals surface area (Å²) >= 11 is 0. The van der Waals surface area contributed by atoms with Crippen LogP contribution in [-0.4, -0.2) is 18.5 Å². The van der Waals surface area contributed by atoms with E-state index >= 15 is 0 Å². The van der Waals surface area contributed by atoms with Gasteiger partial charge >= 0.3 is 0 Å². The Morgan fingerprint density at radius 1 is 1.37 bits per heavy atom. The average molecular weight is 264 g/mol. The maximum absolute atomic E-state index is 12.8. The third-order valence-electron chi connectivity index (χ3n) is 3.98. The van der Waals surface area contributed by atoms with E-state index in [1.807, 2.05) is 26.0 Å². The highest BCUT2D eigenvalue weighted by atomic mass is 19.1. The van der Waals surface area contributed by atoms with Crippen LogP contribution in [0.15, 0.2) is 24.3 Å². The number of halogens is 1. The minimum Gasteiger partial charge on any atom is -0.369 e. The molecule has 0 unspecified atom stereocenters. The van der Waals surface area contributed by atoms with E-state index in [9.17, 15) is 9.18 Å². The molecule has 1 saturated carbocycles. The zero-order valence-corrected chi connectivity index (χ0v) is 11.4. The SMILES string of the molecule is CC(C)(CNC1CC(c2ccc(F)cc2)C1)C(N)=O. The molecule has 1 aromatic carbocycles. The maximum atomic E-state index is 12.8. The van der Waals surface area contributed by atoms with Crippen molar-refractivity contribution in [2.24, 2.45) is 11.1 Å². The molecule has 3 N–H and O–H groups in total. The molecule has 3 nitrogen and oxygen atoms in total. The molecule has 0 radical (unpaired) electrons. The normalized spacial score (nSPS) is 22.9. The first-order valence-electron chi connectivity index (χ1n) is 6.67. The van der Waals surface area contributed by atoms with Gasteiger partial charge in [-0.2, -0.15) is 0 Å². The highest BCUT2D eigenvalue weighted by Gasteiger charge is 2.32. The van der Waals surface area contributed by atoms with Gasteiger partial charge in [-0.25, -0.2) is 4.39 Å². The second-order valence-electron chi connectivity index (χ2n) is 6.05. The molecule has 2 rings (SSSR count). The first-order chi connectivity index (χ1) is 8.88. The van der Waals surface area contributed by atoms with Crippen molar-refractivity contribution in [3.8, 4) is 0 Å². The molecule has 1 fully saturated rings. The summed E-state index contributed by atoms with van der Waals surface area (Å²) in [7, 11) is 0. The second-order valence-corrected chi connectivity index (χ2v) is 6.05. The third kappa shape index (κ3) is 3.32. The van der Waals surface area contributed by atoms with Gasteiger partial charge in [0.1, 0.15) is 5.82 Å². The lowest BCUT2D eigenvalue weighted by atomic mass is 9.75. The lowest BCUT2D eigenvalue weighted by molar-refractivity contribution is -0.125. The van der Waals surface area contributed by atoms with Crippen LogP contribution in [-0.2, 0) is 4.79 Å². The van der Waals surface area contributed by atoms with Crippen molar-refractivity contribution < 1.29 is 9.18 Å². The van der Waals surface area contributed by atoms with Gasteiger partial charge in [0, 0.05) is 12.6 Å². The minimum atomic E-state index is -0.513. The van der Waals surface area contributed by atoms with Crippen LogP contribution in [0.3, 0.4) is 0 Å². The summed E-state index contributed by atoms with van der Waals surface area (Å²) in [5, 5.41) is 3.38. The van der Waals surface area contributed by atoms with Gasteiger partial charge in [0.25, 0.3) is 0 Å². The van der Waals surface area contributed by atoms with Crippen molar-refractivity contribution in [2.75, 3.05) is 6.54 Å². The van der Waals surface area contributed by atoms with Gasteiger partial charge in [0.2, 0.25) is 5.91 Å². The van der Waals surface area contributed by atoms with Gasteiger partial charge in [-0.1, -0.05) is 12.1 Å². The summed E-state index contributed by atoms with van der Waals surface area (Å²) in [6.07, 6.45) is 2.06. The summed E-state index contributed by atoms with van der Waals surface area (Å²) in [4.78, 5) is 11.2. The number of nitrogens with one attached hydrogen (secondary N) is 1. The zero-order valence-electron chi connectivity index (χ0n) is 11.4. The van der Waals surface area contributed by atoms with Crippen LogP contribution in [0.25, 0.3) is 0 Å². The van der Waals surface area contributed by atoms with Gasteiger partial charge in [-0.05, 0) is 50.3 Å². The molecule has 19 heavy (non-hydrogen) atoms. The number of carbonyl (C=O) groups is 1. The van der Waals surface area contributed by atoms with Gasteiger partial charge in [-0.15, -0.1) is 0 Å². The molecule has 0 aromatic heterocycles. The molecular formula is C15H21FN2O. The molecule has 1 aromatic rings. The molecule has 0 spiro atoms. The van der Waals surface area contributed by atoms with E-state index in [4.69, 9.17) is 5.73 Å². The van der Waals surface area contributed by atoms with Crippen molar-refractivity contribution in [2.45, 2.75) is 38.6 Å². The van der Waals surface area contributed by atoms with Crippen LogP contribution in [0.1, 0.15) is 38.2 Å². The van der Waals surface area contributed by atoms with E-state index < -0.39 is 5.41 Å². The molecule has 4 heteroatoms. The number of rotatable bonds is 5.